The Labute approximate surface area is 139 Å². The molecule has 2 aromatic heterocycles. The van der Waals surface area contributed by atoms with Gasteiger partial charge in [-0.2, -0.15) is 0 Å². The zero-order chi connectivity index (χ0) is 16.0. The predicted molar refractivity (Wildman–Crippen MR) is 101 cm³/mol. The Bertz CT molecular complexity index is 1010. The van der Waals surface area contributed by atoms with Gasteiger partial charge in [0.25, 0.3) is 0 Å². The van der Waals surface area contributed by atoms with Gasteiger partial charge in [-0.05, 0) is 77.9 Å². The normalized spacial score (nSPS) is 11.2. The number of H-pyrrole nitrogens is 1. The molecule has 0 fully saturated rings. The third-order valence-electron chi connectivity index (χ3n) is 4.29. The van der Waals surface area contributed by atoms with E-state index in [0.717, 1.165) is 5.69 Å². The van der Waals surface area contributed by atoms with E-state index in [0.29, 0.717) is 0 Å². The van der Waals surface area contributed by atoms with Crippen LogP contribution in [0.1, 0.15) is 11.1 Å². The number of aromatic amines is 1. The standard InChI is InChI=1S/C20H18N2S/c1-12-7-8-23-20(12)19-11-15-10-14(3-6-18(15)22-19)17-5-4-16(21)9-13(17)2/h3-11,22H,21H2,1-2H3. The van der Waals surface area contributed by atoms with Gasteiger partial charge in [0.1, 0.15) is 0 Å². The summed E-state index contributed by atoms with van der Waals surface area (Å²) in [5.41, 5.74) is 14.0. The number of benzene rings is 2. The summed E-state index contributed by atoms with van der Waals surface area (Å²) in [6.45, 7) is 4.26. The van der Waals surface area contributed by atoms with Crippen molar-refractivity contribution in [2.24, 2.45) is 0 Å². The minimum absolute atomic E-state index is 0.810. The first-order valence-electron chi connectivity index (χ1n) is 7.65. The summed E-state index contributed by atoms with van der Waals surface area (Å²) in [6.07, 6.45) is 0. The quantitative estimate of drug-likeness (QED) is 0.453. The summed E-state index contributed by atoms with van der Waals surface area (Å²) in [7, 11) is 0. The molecule has 4 rings (SSSR count). The number of aromatic nitrogens is 1. The lowest BCUT2D eigenvalue weighted by Crippen LogP contribution is -1.88. The molecular formula is C20H18N2S. The molecule has 0 saturated carbocycles. The molecule has 3 heteroatoms. The van der Waals surface area contributed by atoms with Crippen LogP contribution < -0.4 is 5.73 Å². The summed E-state index contributed by atoms with van der Waals surface area (Å²) in [5.74, 6) is 0. The molecule has 0 spiro atoms. The molecule has 0 aliphatic carbocycles. The summed E-state index contributed by atoms with van der Waals surface area (Å²) >= 11 is 1.78. The molecule has 0 amide bonds. The van der Waals surface area contributed by atoms with E-state index in [1.54, 1.807) is 11.3 Å². The molecule has 2 aromatic carbocycles. The van der Waals surface area contributed by atoms with Gasteiger partial charge in [0.2, 0.25) is 0 Å². The van der Waals surface area contributed by atoms with Crippen molar-refractivity contribution < 1.29 is 0 Å². The smallest absolute Gasteiger partial charge is 0.0568 e. The van der Waals surface area contributed by atoms with Crippen molar-refractivity contribution >= 4 is 27.9 Å². The number of hydrogen-bond donors (Lipinski definition) is 2. The van der Waals surface area contributed by atoms with Gasteiger partial charge in [-0.3, -0.25) is 0 Å². The Kier molecular flexibility index (Phi) is 3.24. The Hall–Kier alpha value is -2.52. The van der Waals surface area contributed by atoms with Crippen LogP contribution in [0.5, 0.6) is 0 Å². The Morgan fingerprint density at radius 2 is 1.78 bits per heavy atom. The summed E-state index contributed by atoms with van der Waals surface area (Å²) in [4.78, 5) is 4.84. The van der Waals surface area contributed by atoms with Crippen LogP contribution in [0.2, 0.25) is 0 Å². The van der Waals surface area contributed by atoms with Crippen LogP contribution in [0.3, 0.4) is 0 Å². The van der Waals surface area contributed by atoms with Gasteiger partial charge in [-0.15, -0.1) is 11.3 Å². The Morgan fingerprint density at radius 1 is 0.913 bits per heavy atom. The highest BCUT2D eigenvalue weighted by atomic mass is 32.1. The van der Waals surface area contributed by atoms with Crippen LogP contribution in [-0.4, -0.2) is 4.98 Å². The molecule has 2 heterocycles. The average Bonchev–Trinajstić information content (AvgIpc) is 3.11. The second kappa shape index (κ2) is 5.28. The van der Waals surface area contributed by atoms with E-state index in [2.05, 4.69) is 60.6 Å². The largest absolute Gasteiger partial charge is 0.399 e. The average molecular weight is 318 g/mol. The lowest BCUT2D eigenvalue weighted by molar-refractivity contribution is 1.44. The highest BCUT2D eigenvalue weighted by Crippen LogP contribution is 2.33. The van der Waals surface area contributed by atoms with E-state index < -0.39 is 0 Å². The van der Waals surface area contributed by atoms with E-state index in [-0.39, 0.29) is 0 Å². The molecule has 4 aromatic rings. The Morgan fingerprint density at radius 3 is 2.52 bits per heavy atom. The Balaban J connectivity index is 1.83. The van der Waals surface area contributed by atoms with Gasteiger partial charge in [-0.1, -0.05) is 12.1 Å². The fraction of sp³-hybridized carbons (Fsp3) is 0.100. The van der Waals surface area contributed by atoms with Crippen molar-refractivity contribution in [1.29, 1.82) is 0 Å². The topological polar surface area (TPSA) is 41.8 Å². The molecule has 0 radical (unpaired) electrons. The van der Waals surface area contributed by atoms with Crippen LogP contribution in [0.15, 0.2) is 53.9 Å². The van der Waals surface area contributed by atoms with Crippen molar-refractivity contribution in [3.63, 3.8) is 0 Å². The highest BCUT2D eigenvalue weighted by Gasteiger charge is 2.09. The lowest BCUT2D eigenvalue weighted by atomic mass is 9.99. The first-order valence-corrected chi connectivity index (χ1v) is 8.53. The summed E-state index contributed by atoms with van der Waals surface area (Å²) in [6, 6.07) is 17.1. The second-order valence-electron chi connectivity index (χ2n) is 5.99. The third kappa shape index (κ3) is 2.43. The van der Waals surface area contributed by atoms with Crippen molar-refractivity contribution in [3.8, 4) is 21.7 Å². The van der Waals surface area contributed by atoms with E-state index >= 15 is 0 Å². The molecule has 0 aliphatic heterocycles. The number of aryl methyl sites for hydroxylation is 2. The van der Waals surface area contributed by atoms with Crippen LogP contribution in [0.25, 0.3) is 32.6 Å². The molecule has 0 bridgehead atoms. The number of nitrogen functional groups attached to an aromatic ring is 1. The fourth-order valence-electron chi connectivity index (χ4n) is 3.08. The number of nitrogens with two attached hydrogens (primary N) is 1. The number of fused-ring (bicyclic) bond motifs is 1. The van der Waals surface area contributed by atoms with E-state index in [1.807, 2.05) is 12.1 Å². The van der Waals surface area contributed by atoms with Crippen LogP contribution >= 0.6 is 11.3 Å². The zero-order valence-electron chi connectivity index (χ0n) is 13.2. The van der Waals surface area contributed by atoms with E-state index in [4.69, 9.17) is 5.73 Å². The van der Waals surface area contributed by atoms with Crippen molar-refractivity contribution in [3.05, 3.63) is 65.0 Å². The van der Waals surface area contributed by atoms with Crippen LogP contribution in [0, 0.1) is 13.8 Å². The molecule has 0 atom stereocenters. The molecule has 114 valence electrons. The second-order valence-corrected chi connectivity index (χ2v) is 6.91. The van der Waals surface area contributed by atoms with Crippen LogP contribution in [0.4, 0.5) is 5.69 Å². The maximum Gasteiger partial charge on any atom is 0.0568 e. The van der Waals surface area contributed by atoms with Gasteiger partial charge < -0.3 is 10.7 Å². The number of rotatable bonds is 2. The summed E-state index contributed by atoms with van der Waals surface area (Å²) in [5, 5.41) is 3.38. The molecule has 23 heavy (non-hydrogen) atoms. The number of hydrogen-bond acceptors (Lipinski definition) is 2. The maximum absolute atomic E-state index is 5.86. The van der Waals surface area contributed by atoms with Crippen molar-refractivity contribution in [1.82, 2.24) is 4.98 Å². The van der Waals surface area contributed by atoms with Crippen molar-refractivity contribution in [2.75, 3.05) is 5.73 Å². The predicted octanol–water partition coefficient (Wildman–Crippen LogP) is 5.76. The van der Waals surface area contributed by atoms with Gasteiger partial charge in [0.15, 0.2) is 0 Å². The van der Waals surface area contributed by atoms with E-state index in [1.165, 1.54) is 43.7 Å². The van der Waals surface area contributed by atoms with Gasteiger partial charge in [0, 0.05) is 16.6 Å². The summed E-state index contributed by atoms with van der Waals surface area (Å²) < 4.78 is 0. The molecule has 2 nitrogen and oxygen atoms in total. The van der Waals surface area contributed by atoms with Crippen molar-refractivity contribution in [2.45, 2.75) is 13.8 Å². The first-order chi connectivity index (χ1) is 11.1. The lowest BCUT2D eigenvalue weighted by Gasteiger charge is -2.07. The molecule has 0 aliphatic rings. The minimum atomic E-state index is 0.810. The molecule has 3 N–H and O–H groups in total. The molecular weight excluding hydrogens is 300 g/mol. The fourth-order valence-corrected chi connectivity index (χ4v) is 3.98. The molecule has 0 unspecified atom stereocenters. The SMILES string of the molecule is Cc1cc(N)ccc1-c1ccc2[nH]c(-c3sccc3C)cc2c1. The van der Waals surface area contributed by atoms with Crippen LogP contribution in [-0.2, 0) is 0 Å². The molecule has 0 saturated heterocycles. The van der Waals surface area contributed by atoms with Gasteiger partial charge in [-0.25, -0.2) is 0 Å². The van der Waals surface area contributed by atoms with E-state index in [9.17, 15) is 0 Å². The third-order valence-corrected chi connectivity index (χ3v) is 5.34. The van der Waals surface area contributed by atoms with Gasteiger partial charge >= 0.3 is 0 Å². The maximum atomic E-state index is 5.86. The highest BCUT2D eigenvalue weighted by molar-refractivity contribution is 7.13. The minimum Gasteiger partial charge on any atom is -0.399 e. The number of nitrogens with one attached hydrogen (secondary N) is 1. The van der Waals surface area contributed by atoms with Gasteiger partial charge in [0.05, 0.1) is 10.6 Å². The number of anilines is 1. The number of thiophene rings is 1. The monoisotopic (exact) mass is 318 g/mol. The first kappa shape index (κ1) is 14.1. The zero-order valence-corrected chi connectivity index (χ0v) is 14.0.